The van der Waals surface area contributed by atoms with E-state index in [0.29, 0.717) is 0 Å². The molecule has 0 saturated carbocycles. The Morgan fingerprint density at radius 3 is 1.00 bits per heavy atom. The summed E-state index contributed by atoms with van der Waals surface area (Å²) in [7, 11) is 0. The molecule has 0 rings (SSSR count). The molecule has 0 N–H and O–H groups in total. The smallest absolute Gasteiger partial charge is 1.00 e. The van der Waals surface area contributed by atoms with Crippen LogP contribution in [0.4, 0.5) is 0 Å². The first-order valence-electron chi connectivity index (χ1n) is 0. The topological polar surface area (TPSA) is 0 Å². The first-order chi connectivity index (χ1) is 0. The number of rotatable bonds is 0. The molecular weight excluding hydrogens is 213 g/mol. The van der Waals surface area contributed by atoms with Gasteiger partial charge in [-0.3, -0.25) is 0 Å². The number of hydrogen-bond donors (Lipinski definition) is 0. The van der Waals surface area contributed by atoms with Crippen LogP contribution in [0.2, 0.25) is 0 Å². The van der Waals surface area contributed by atoms with Gasteiger partial charge in [-0.05, 0) is 0 Å². The second kappa shape index (κ2) is 18.2. The summed E-state index contributed by atoms with van der Waals surface area (Å²) in [4.78, 5) is 0. The van der Waals surface area contributed by atoms with Gasteiger partial charge < -0.3 is 26.2 Å². The van der Waals surface area contributed by atoms with Crippen molar-refractivity contribution in [1.29, 1.82) is 0 Å². The van der Waals surface area contributed by atoms with Crippen LogP contribution < -0.4 is 54.4 Å². The minimum absolute atomic E-state index is 0. The van der Waals surface area contributed by atoms with E-state index in [1.54, 1.807) is 0 Å². The molecule has 0 spiro atoms. The quantitative estimate of drug-likeness (QED) is 0.351. The zero-order valence-corrected chi connectivity index (χ0v) is 8.62. The van der Waals surface area contributed by atoms with Gasteiger partial charge in [0.25, 0.3) is 0 Å². The zero-order chi connectivity index (χ0) is 0. The van der Waals surface area contributed by atoms with Crippen molar-refractivity contribution in [2.45, 2.75) is 0 Å². The molecule has 4 heteroatoms. The summed E-state index contributed by atoms with van der Waals surface area (Å²) in [6.07, 6.45) is 0. The standard InChI is InChI=1S/2ClH.Na.Sn.H/h2*1H;;;/q;;+1;+2;-1/p-2. The molecule has 0 aliphatic heterocycles. The molecule has 0 atom stereocenters. The number of halogens is 2. The van der Waals surface area contributed by atoms with E-state index in [2.05, 4.69) is 0 Å². The van der Waals surface area contributed by atoms with Crippen molar-refractivity contribution in [2.24, 2.45) is 0 Å². The Balaban J connectivity index is 0. The van der Waals surface area contributed by atoms with Gasteiger partial charge >= 0.3 is 53.5 Å². The Bertz CT molecular complexity index is 9.61. The van der Waals surface area contributed by atoms with Crippen molar-refractivity contribution in [3.8, 4) is 0 Å². The third-order valence-corrected chi connectivity index (χ3v) is 0. The summed E-state index contributed by atoms with van der Waals surface area (Å²) in [5, 5.41) is 0. The molecule has 2 radical (unpaired) electrons. The van der Waals surface area contributed by atoms with Gasteiger partial charge in [-0.15, -0.1) is 0 Å². The Hall–Kier alpha value is 2.38. The molecule has 0 nitrogen and oxygen atoms in total. The first kappa shape index (κ1) is 32.6. The van der Waals surface area contributed by atoms with Crippen LogP contribution in [0.25, 0.3) is 0 Å². The van der Waals surface area contributed by atoms with Gasteiger partial charge in [0, 0.05) is 0 Å². The zero-order valence-electron chi connectivity index (χ0n) is 3.26. The van der Waals surface area contributed by atoms with Crippen molar-refractivity contribution in [3.63, 3.8) is 0 Å². The van der Waals surface area contributed by atoms with Gasteiger partial charge in [0.15, 0.2) is 0 Å². The van der Waals surface area contributed by atoms with Gasteiger partial charge in [0.2, 0.25) is 0 Å². The molecule has 0 aromatic carbocycles. The van der Waals surface area contributed by atoms with E-state index in [0.717, 1.165) is 0 Å². The average Bonchev–Trinajstić information content (AvgIpc) is 0. The fourth-order valence-electron chi connectivity index (χ4n) is 0. The summed E-state index contributed by atoms with van der Waals surface area (Å²) in [5.41, 5.74) is 0. The van der Waals surface area contributed by atoms with Gasteiger partial charge in [0.1, 0.15) is 0 Å². The number of hydrogen-bond acceptors (Lipinski definition) is 0. The van der Waals surface area contributed by atoms with E-state index in [9.17, 15) is 0 Å². The summed E-state index contributed by atoms with van der Waals surface area (Å²) in [6, 6.07) is 0. The van der Waals surface area contributed by atoms with Crippen LogP contribution in [0.5, 0.6) is 0 Å². The van der Waals surface area contributed by atoms with Crippen molar-refractivity contribution >= 4 is 23.9 Å². The van der Waals surface area contributed by atoms with E-state index in [1.807, 2.05) is 0 Å². The van der Waals surface area contributed by atoms with Crippen LogP contribution in [0.1, 0.15) is 1.43 Å². The predicted octanol–water partition coefficient (Wildman–Crippen LogP) is -9.26. The SMILES string of the molecule is [Cl-].[Cl-].[H-].[Na+].[Sn+2]. The van der Waals surface area contributed by atoms with E-state index >= 15 is 0 Å². The Morgan fingerprint density at radius 1 is 1.00 bits per heavy atom. The van der Waals surface area contributed by atoms with Gasteiger partial charge in [-0.2, -0.15) is 0 Å². The van der Waals surface area contributed by atoms with Gasteiger partial charge in [-0.1, -0.05) is 0 Å². The van der Waals surface area contributed by atoms with E-state index in [4.69, 9.17) is 0 Å². The fraction of sp³-hybridized carbons (Fsp3) is 0. The molecule has 4 heavy (non-hydrogen) atoms. The largest absolute Gasteiger partial charge is 2.00 e. The monoisotopic (exact) mass is 214 g/mol. The van der Waals surface area contributed by atoms with Gasteiger partial charge in [0.05, 0.1) is 0 Å². The third kappa shape index (κ3) is 8.83. The molecule has 0 amide bonds. The molecule has 0 saturated heterocycles. The van der Waals surface area contributed by atoms with Crippen LogP contribution in [-0.2, 0) is 0 Å². The molecular formula is HCl2NaSn. The van der Waals surface area contributed by atoms with Crippen molar-refractivity contribution in [2.75, 3.05) is 0 Å². The Labute approximate surface area is 78.7 Å². The van der Waals surface area contributed by atoms with Crippen LogP contribution in [0, 0.1) is 0 Å². The molecule has 0 bridgehead atoms. The normalized spacial score (nSPS) is 0. The fourth-order valence-corrected chi connectivity index (χ4v) is 0. The van der Waals surface area contributed by atoms with Crippen molar-refractivity contribution in [1.82, 2.24) is 0 Å². The molecule has 0 fully saturated rings. The molecule has 20 valence electrons. The molecule has 0 aliphatic rings. The van der Waals surface area contributed by atoms with Crippen LogP contribution in [0.3, 0.4) is 0 Å². The maximum atomic E-state index is 0. The maximum absolute atomic E-state index is 0. The molecule has 0 unspecified atom stereocenters. The molecule has 0 aliphatic carbocycles. The van der Waals surface area contributed by atoms with Crippen LogP contribution >= 0.6 is 0 Å². The summed E-state index contributed by atoms with van der Waals surface area (Å²) in [5.74, 6) is 0. The Morgan fingerprint density at radius 2 is 1.00 bits per heavy atom. The summed E-state index contributed by atoms with van der Waals surface area (Å²) in [6.45, 7) is 0. The molecule has 0 aromatic rings. The van der Waals surface area contributed by atoms with Crippen molar-refractivity contribution < 1.29 is 55.8 Å². The maximum Gasteiger partial charge on any atom is 2.00 e. The van der Waals surface area contributed by atoms with Gasteiger partial charge in [-0.25, -0.2) is 0 Å². The van der Waals surface area contributed by atoms with E-state index in [-0.39, 0.29) is 79.7 Å². The minimum atomic E-state index is 0. The van der Waals surface area contributed by atoms with E-state index < -0.39 is 0 Å². The van der Waals surface area contributed by atoms with E-state index in [1.165, 1.54) is 0 Å². The van der Waals surface area contributed by atoms with Crippen molar-refractivity contribution in [3.05, 3.63) is 0 Å². The minimum Gasteiger partial charge on any atom is -1.00 e. The molecule has 0 heterocycles. The third-order valence-electron chi connectivity index (χ3n) is 0. The van der Waals surface area contributed by atoms with Crippen LogP contribution in [-0.4, -0.2) is 23.9 Å². The second-order valence-corrected chi connectivity index (χ2v) is 0. The summed E-state index contributed by atoms with van der Waals surface area (Å²) < 4.78 is 0. The predicted molar refractivity (Wildman–Crippen MR) is 6.87 cm³/mol. The average molecular weight is 214 g/mol. The second-order valence-electron chi connectivity index (χ2n) is 0. The first-order valence-corrected chi connectivity index (χ1v) is 0. The summed E-state index contributed by atoms with van der Waals surface area (Å²) >= 11 is 0. The molecule has 0 aromatic heterocycles. The van der Waals surface area contributed by atoms with Crippen LogP contribution in [0.15, 0.2) is 0 Å². The Kier molecular flexibility index (Phi) is 149.